The van der Waals surface area contributed by atoms with E-state index >= 15 is 0 Å². The molecule has 0 spiro atoms. The lowest BCUT2D eigenvalue weighted by molar-refractivity contribution is -0.385. The maximum Gasteiger partial charge on any atom is 0.277 e. The van der Waals surface area contributed by atoms with Crippen LogP contribution < -0.4 is 0 Å². The molecule has 1 N–H and O–H groups in total. The molecule has 0 aliphatic heterocycles. The number of nitro groups is 1. The molecule has 0 unspecified atom stereocenters. The second-order valence-corrected chi connectivity index (χ2v) is 5.03. The lowest BCUT2D eigenvalue weighted by Gasteiger charge is -2.04. The molecule has 0 heterocycles. The van der Waals surface area contributed by atoms with E-state index in [-0.39, 0.29) is 11.4 Å². The molecule has 2 aromatic rings. The molecular formula is C14H13NO3S. The SMILES string of the molecule is O=[N+]([O-])c1cc(O)ccc1CSCc1ccccc1. The minimum atomic E-state index is -0.460. The van der Waals surface area contributed by atoms with Gasteiger partial charge in [-0.1, -0.05) is 30.3 Å². The fraction of sp³-hybridized carbons (Fsp3) is 0.143. The molecule has 0 saturated heterocycles. The number of nitro benzene ring substituents is 1. The Morgan fingerprint density at radius 2 is 1.84 bits per heavy atom. The van der Waals surface area contributed by atoms with Gasteiger partial charge in [-0.25, -0.2) is 0 Å². The van der Waals surface area contributed by atoms with Crippen LogP contribution in [0.1, 0.15) is 11.1 Å². The summed E-state index contributed by atoms with van der Waals surface area (Å²) in [6.45, 7) is 0. The standard InChI is InChI=1S/C14H13NO3S/c16-13-7-6-12(14(8-13)15(17)18)10-19-9-11-4-2-1-3-5-11/h1-8,16H,9-10H2. The fourth-order valence-corrected chi connectivity index (χ4v) is 2.69. The topological polar surface area (TPSA) is 63.4 Å². The molecule has 2 aromatic carbocycles. The van der Waals surface area contributed by atoms with Crippen LogP contribution in [0.4, 0.5) is 5.69 Å². The quantitative estimate of drug-likeness (QED) is 0.667. The molecular weight excluding hydrogens is 262 g/mol. The van der Waals surface area contributed by atoms with Crippen molar-refractivity contribution in [2.24, 2.45) is 0 Å². The minimum Gasteiger partial charge on any atom is -0.508 e. The number of benzene rings is 2. The van der Waals surface area contributed by atoms with Gasteiger partial charge in [0.25, 0.3) is 5.69 Å². The number of thioether (sulfide) groups is 1. The molecule has 19 heavy (non-hydrogen) atoms. The zero-order valence-corrected chi connectivity index (χ0v) is 11.0. The average molecular weight is 275 g/mol. The number of nitrogens with zero attached hydrogens (tertiary/aromatic N) is 1. The zero-order valence-electron chi connectivity index (χ0n) is 10.2. The highest BCUT2D eigenvalue weighted by Crippen LogP contribution is 2.28. The van der Waals surface area contributed by atoms with Crippen LogP contribution in [0.2, 0.25) is 0 Å². The van der Waals surface area contributed by atoms with Crippen molar-refractivity contribution in [3.63, 3.8) is 0 Å². The number of hydrogen-bond donors (Lipinski definition) is 1. The summed E-state index contributed by atoms with van der Waals surface area (Å²) in [5.41, 5.74) is 1.79. The second-order valence-electron chi connectivity index (χ2n) is 4.05. The summed E-state index contributed by atoms with van der Waals surface area (Å²) >= 11 is 1.61. The van der Waals surface area contributed by atoms with Crippen LogP contribution in [0, 0.1) is 10.1 Å². The number of aromatic hydroxyl groups is 1. The van der Waals surface area contributed by atoms with Gasteiger partial charge in [-0.2, -0.15) is 11.8 Å². The molecule has 0 aliphatic rings. The van der Waals surface area contributed by atoms with Crippen LogP contribution in [0.15, 0.2) is 48.5 Å². The Labute approximate surface area is 115 Å². The Bertz CT molecular complexity index is 572. The molecule has 5 heteroatoms. The van der Waals surface area contributed by atoms with Crippen molar-refractivity contribution in [1.82, 2.24) is 0 Å². The maximum absolute atomic E-state index is 10.9. The highest BCUT2D eigenvalue weighted by atomic mass is 32.2. The highest BCUT2D eigenvalue weighted by Gasteiger charge is 2.14. The van der Waals surface area contributed by atoms with Crippen LogP contribution in [-0.4, -0.2) is 10.0 Å². The molecule has 4 nitrogen and oxygen atoms in total. The van der Waals surface area contributed by atoms with Gasteiger partial charge in [0.05, 0.1) is 11.0 Å². The first kappa shape index (κ1) is 13.4. The lowest BCUT2D eigenvalue weighted by Crippen LogP contribution is -1.94. The van der Waals surface area contributed by atoms with E-state index in [4.69, 9.17) is 0 Å². The van der Waals surface area contributed by atoms with Crippen molar-refractivity contribution >= 4 is 17.4 Å². The molecule has 2 rings (SSSR count). The van der Waals surface area contributed by atoms with Gasteiger partial charge in [0.1, 0.15) is 5.75 Å². The first-order chi connectivity index (χ1) is 9.16. The summed E-state index contributed by atoms with van der Waals surface area (Å²) in [4.78, 5) is 10.4. The summed E-state index contributed by atoms with van der Waals surface area (Å²) in [6.07, 6.45) is 0. The van der Waals surface area contributed by atoms with Gasteiger partial charge in [0.15, 0.2) is 0 Å². The molecule has 0 atom stereocenters. The van der Waals surface area contributed by atoms with Gasteiger partial charge in [-0.3, -0.25) is 10.1 Å². The highest BCUT2D eigenvalue weighted by molar-refractivity contribution is 7.97. The van der Waals surface area contributed by atoms with Crippen molar-refractivity contribution in [1.29, 1.82) is 0 Å². The molecule has 0 fully saturated rings. The van der Waals surface area contributed by atoms with Gasteiger partial charge in [0.2, 0.25) is 0 Å². The van der Waals surface area contributed by atoms with Gasteiger partial charge in [-0.05, 0) is 17.7 Å². The Hall–Kier alpha value is -2.01. The van der Waals surface area contributed by atoms with Crippen molar-refractivity contribution in [2.75, 3.05) is 0 Å². The molecule has 0 amide bonds. The van der Waals surface area contributed by atoms with Crippen LogP contribution in [0.5, 0.6) is 5.75 Å². The average Bonchev–Trinajstić information content (AvgIpc) is 2.41. The number of rotatable bonds is 5. The van der Waals surface area contributed by atoms with Gasteiger partial charge >= 0.3 is 0 Å². The van der Waals surface area contributed by atoms with E-state index in [1.54, 1.807) is 17.8 Å². The second kappa shape index (κ2) is 6.24. The van der Waals surface area contributed by atoms with E-state index < -0.39 is 4.92 Å². The van der Waals surface area contributed by atoms with E-state index in [9.17, 15) is 15.2 Å². The molecule has 0 saturated carbocycles. The minimum absolute atomic E-state index is 0.0273. The molecule has 0 radical (unpaired) electrons. The third kappa shape index (κ3) is 3.72. The third-order valence-electron chi connectivity index (χ3n) is 2.63. The van der Waals surface area contributed by atoms with Gasteiger partial charge in [-0.15, -0.1) is 0 Å². The molecule has 0 aromatic heterocycles. The smallest absolute Gasteiger partial charge is 0.277 e. The Balaban J connectivity index is 2.02. The first-order valence-electron chi connectivity index (χ1n) is 5.75. The normalized spacial score (nSPS) is 10.3. The monoisotopic (exact) mass is 275 g/mol. The van der Waals surface area contributed by atoms with Crippen LogP contribution in [0.3, 0.4) is 0 Å². The van der Waals surface area contributed by atoms with Crippen molar-refractivity contribution < 1.29 is 10.0 Å². The number of phenols is 1. The summed E-state index contributed by atoms with van der Waals surface area (Å²) in [6, 6.07) is 14.2. The van der Waals surface area contributed by atoms with Crippen molar-refractivity contribution in [3.05, 3.63) is 69.8 Å². The fourth-order valence-electron chi connectivity index (χ4n) is 1.70. The summed E-state index contributed by atoms with van der Waals surface area (Å²) < 4.78 is 0. The predicted octanol–water partition coefficient (Wildman–Crippen LogP) is 3.73. The predicted molar refractivity (Wildman–Crippen MR) is 76.2 cm³/mol. The molecule has 0 bridgehead atoms. The van der Waals surface area contributed by atoms with Crippen LogP contribution in [0.25, 0.3) is 0 Å². The maximum atomic E-state index is 10.9. The Kier molecular flexibility index (Phi) is 4.41. The van der Waals surface area contributed by atoms with E-state index in [1.165, 1.54) is 17.7 Å². The summed E-state index contributed by atoms with van der Waals surface area (Å²) in [5.74, 6) is 1.27. The molecule has 98 valence electrons. The summed E-state index contributed by atoms with van der Waals surface area (Å²) in [5, 5.41) is 20.2. The van der Waals surface area contributed by atoms with Crippen LogP contribution >= 0.6 is 11.8 Å². The molecule has 0 aliphatic carbocycles. The van der Waals surface area contributed by atoms with E-state index in [0.717, 1.165) is 5.75 Å². The van der Waals surface area contributed by atoms with Gasteiger partial charge in [0, 0.05) is 17.1 Å². The zero-order chi connectivity index (χ0) is 13.7. The number of hydrogen-bond acceptors (Lipinski definition) is 4. The van der Waals surface area contributed by atoms with Crippen molar-refractivity contribution in [3.8, 4) is 5.75 Å². The summed E-state index contributed by atoms with van der Waals surface area (Å²) in [7, 11) is 0. The van der Waals surface area contributed by atoms with E-state index in [1.807, 2.05) is 30.3 Å². The first-order valence-corrected chi connectivity index (χ1v) is 6.90. The van der Waals surface area contributed by atoms with E-state index in [0.29, 0.717) is 11.3 Å². The van der Waals surface area contributed by atoms with Crippen molar-refractivity contribution in [2.45, 2.75) is 11.5 Å². The Morgan fingerprint density at radius 3 is 2.53 bits per heavy atom. The van der Waals surface area contributed by atoms with E-state index in [2.05, 4.69) is 0 Å². The number of phenolic OH excluding ortho intramolecular Hbond substituents is 1. The van der Waals surface area contributed by atoms with Crippen LogP contribution in [-0.2, 0) is 11.5 Å². The Morgan fingerprint density at radius 1 is 1.11 bits per heavy atom. The largest absolute Gasteiger partial charge is 0.508 e. The van der Waals surface area contributed by atoms with Gasteiger partial charge < -0.3 is 5.11 Å². The third-order valence-corrected chi connectivity index (χ3v) is 3.69. The lowest BCUT2D eigenvalue weighted by atomic mass is 10.2.